The van der Waals surface area contributed by atoms with Crippen LogP contribution in [0.1, 0.15) is 6.42 Å². The number of morpholine rings is 1. The molecule has 0 saturated carbocycles. The number of hydrogen-bond donors (Lipinski definition) is 2. The predicted molar refractivity (Wildman–Crippen MR) is 99.9 cm³/mol. The number of para-hydroxylation sites is 1. The van der Waals surface area contributed by atoms with Crippen LogP contribution in [0.3, 0.4) is 0 Å². The third kappa shape index (κ3) is 7.63. The molecule has 1 aliphatic heterocycles. The molecule has 2 N–H and O–H groups in total. The van der Waals surface area contributed by atoms with Gasteiger partial charge in [0.15, 0.2) is 0 Å². The van der Waals surface area contributed by atoms with Crippen LogP contribution in [0.15, 0.2) is 30.3 Å². The number of nitrogens with one attached hydrogen (secondary N) is 1. The lowest BCUT2D eigenvalue weighted by Crippen LogP contribution is -2.50. The van der Waals surface area contributed by atoms with Crippen molar-refractivity contribution >= 4 is 27.6 Å². The number of rotatable bonds is 9. The van der Waals surface area contributed by atoms with Gasteiger partial charge in [-0.2, -0.15) is 4.31 Å². The molecule has 9 nitrogen and oxygen atoms in total. The lowest BCUT2D eigenvalue weighted by molar-refractivity contribution is -0.137. The first kappa shape index (κ1) is 21.3. The molecule has 0 bridgehead atoms. The highest BCUT2D eigenvalue weighted by atomic mass is 32.2. The number of amides is 1. The van der Waals surface area contributed by atoms with Crippen molar-refractivity contribution in [2.75, 3.05) is 50.9 Å². The number of carboxylic acids is 1. The highest BCUT2D eigenvalue weighted by Crippen LogP contribution is 2.11. The fourth-order valence-corrected chi connectivity index (χ4v) is 3.58. The van der Waals surface area contributed by atoms with Gasteiger partial charge >= 0.3 is 5.97 Å². The molecule has 0 spiro atoms. The first-order valence-corrected chi connectivity index (χ1v) is 10.4. The number of carbonyl (C=O) groups is 2. The van der Waals surface area contributed by atoms with E-state index in [0.29, 0.717) is 32.7 Å². The average Bonchev–Trinajstić information content (AvgIpc) is 2.59. The number of benzene rings is 1. The molecule has 0 aliphatic carbocycles. The van der Waals surface area contributed by atoms with Crippen molar-refractivity contribution in [2.24, 2.45) is 0 Å². The molecule has 150 valence electrons. The molecule has 10 heteroatoms. The molecule has 0 aromatic heterocycles. The summed E-state index contributed by atoms with van der Waals surface area (Å²) in [6, 6.07) is 9.17. The van der Waals surface area contributed by atoms with Gasteiger partial charge in [-0.05, 0) is 12.1 Å². The van der Waals surface area contributed by atoms with Crippen molar-refractivity contribution in [3.05, 3.63) is 30.3 Å². The van der Waals surface area contributed by atoms with Crippen molar-refractivity contribution in [1.29, 1.82) is 0 Å². The van der Waals surface area contributed by atoms with E-state index in [1.54, 1.807) is 0 Å². The van der Waals surface area contributed by atoms with E-state index in [9.17, 15) is 18.0 Å². The van der Waals surface area contributed by atoms with Crippen molar-refractivity contribution in [1.82, 2.24) is 9.21 Å². The highest BCUT2D eigenvalue weighted by Gasteiger charge is 2.28. The molecule has 1 unspecified atom stereocenters. The van der Waals surface area contributed by atoms with Crippen LogP contribution in [0.2, 0.25) is 0 Å². The highest BCUT2D eigenvalue weighted by molar-refractivity contribution is 7.88. The van der Waals surface area contributed by atoms with Crippen LogP contribution in [0.5, 0.6) is 0 Å². The maximum absolute atomic E-state index is 12.0. The molecule has 1 aromatic rings. The molecule has 1 fully saturated rings. The Bertz CT molecular complexity index is 740. The second-order valence-corrected chi connectivity index (χ2v) is 8.39. The zero-order chi connectivity index (χ0) is 19.9. The first-order valence-electron chi connectivity index (χ1n) is 8.60. The third-order valence-corrected chi connectivity index (χ3v) is 5.34. The van der Waals surface area contributed by atoms with Crippen LogP contribution < -0.4 is 5.32 Å². The van der Waals surface area contributed by atoms with Crippen LogP contribution in [0, 0.1) is 0 Å². The van der Waals surface area contributed by atoms with Gasteiger partial charge in [0.1, 0.15) is 6.54 Å². The molecule has 1 aliphatic rings. The minimum atomic E-state index is -3.65. The van der Waals surface area contributed by atoms with E-state index in [4.69, 9.17) is 9.84 Å². The van der Waals surface area contributed by atoms with E-state index in [0.717, 1.165) is 16.2 Å². The minimum absolute atomic E-state index is 0.0299. The van der Waals surface area contributed by atoms with E-state index in [-0.39, 0.29) is 12.5 Å². The van der Waals surface area contributed by atoms with Crippen LogP contribution in [0.4, 0.5) is 5.69 Å². The van der Waals surface area contributed by atoms with Gasteiger partial charge in [-0.3, -0.25) is 14.5 Å². The lowest BCUT2D eigenvalue weighted by Gasteiger charge is -2.34. The van der Waals surface area contributed by atoms with Crippen LogP contribution in [0.25, 0.3) is 0 Å². The van der Waals surface area contributed by atoms with E-state index in [2.05, 4.69) is 5.32 Å². The van der Waals surface area contributed by atoms with Gasteiger partial charge in [0.25, 0.3) is 0 Å². The first-order chi connectivity index (χ1) is 12.7. The van der Waals surface area contributed by atoms with E-state index >= 15 is 0 Å². The largest absolute Gasteiger partial charge is 0.480 e. The maximum atomic E-state index is 12.0. The van der Waals surface area contributed by atoms with Crippen molar-refractivity contribution in [3.63, 3.8) is 0 Å². The number of hydrogen-bond acceptors (Lipinski definition) is 6. The van der Waals surface area contributed by atoms with Crippen LogP contribution >= 0.6 is 0 Å². The predicted octanol–water partition coefficient (Wildman–Crippen LogP) is 0.0622. The summed E-state index contributed by atoms with van der Waals surface area (Å²) >= 11 is 0. The normalized spacial score (nSPS) is 18.4. The zero-order valence-corrected chi connectivity index (χ0v) is 16.0. The molecular formula is C17H25N3O6S. The lowest BCUT2D eigenvalue weighted by atomic mass is 10.2. The van der Waals surface area contributed by atoms with E-state index in [1.165, 1.54) is 0 Å². The van der Waals surface area contributed by atoms with Gasteiger partial charge in [0, 0.05) is 38.3 Å². The number of sulfonamides is 1. The standard InChI is InChI=1S/C17H25N3O6S/c1-27(24,25)20(13-17(22)23)12-15-11-19(9-10-26-15)8-7-16(21)18-14-5-3-2-4-6-14/h2-6,15H,7-13H2,1H3,(H,18,21)(H,22,23). The molecular weight excluding hydrogens is 374 g/mol. The number of nitrogens with zero attached hydrogens (tertiary/aromatic N) is 2. The molecule has 1 atom stereocenters. The molecule has 1 heterocycles. The Balaban J connectivity index is 1.82. The summed E-state index contributed by atoms with van der Waals surface area (Å²) in [7, 11) is -3.65. The molecule has 2 rings (SSSR count). The Labute approximate surface area is 159 Å². The summed E-state index contributed by atoms with van der Waals surface area (Å²) in [6.07, 6.45) is 0.835. The number of aliphatic carboxylic acids is 1. The summed E-state index contributed by atoms with van der Waals surface area (Å²) in [5, 5.41) is 11.7. The van der Waals surface area contributed by atoms with Crippen molar-refractivity contribution in [3.8, 4) is 0 Å². The molecule has 0 radical (unpaired) electrons. The Morgan fingerprint density at radius 2 is 2.04 bits per heavy atom. The van der Waals surface area contributed by atoms with E-state index < -0.39 is 28.6 Å². The van der Waals surface area contributed by atoms with Gasteiger partial charge in [-0.1, -0.05) is 18.2 Å². The molecule has 1 aromatic carbocycles. The number of ether oxygens (including phenoxy) is 1. The minimum Gasteiger partial charge on any atom is -0.480 e. The molecule has 1 saturated heterocycles. The number of anilines is 1. The number of carboxylic acid groups (broad SMARTS) is 1. The monoisotopic (exact) mass is 399 g/mol. The van der Waals surface area contributed by atoms with Gasteiger partial charge < -0.3 is 15.2 Å². The van der Waals surface area contributed by atoms with Gasteiger partial charge in [0.05, 0.1) is 19.0 Å². The smallest absolute Gasteiger partial charge is 0.318 e. The fraction of sp³-hybridized carbons (Fsp3) is 0.529. The Morgan fingerprint density at radius 3 is 2.67 bits per heavy atom. The summed E-state index contributed by atoms with van der Waals surface area (Å²) in [6.45, 7) is 1.35. The van der Waals surface area contributed by atoms with Crippen LogP contribution in [-0.4, -0.2) is 86.3 Å². The van der Waals surface area contributed by atoms with Crippen molar-refractivity contribution < 1.29 is 27.9 Å². The second kappa shape index (κ2) is 9.79. The SMILES string of the molecule is CS(=O)(=O)N(CC(=O)O)CC1CN(CCC(=O)Nc2ccccc2)CCO1. The summed E-state index contributed by atoms with van der Waals surface area (Å²) < 4.78 is 30.0. The van der Waals surface area contributed by atoms with Crippen molar-refractivity contribution in [2.45, 2.75) is 12.5 Å². The summed E-state index contributed by atoms with van der Waals surface area (Å²) in [5.74, 6) is -1.32. The quantitative estimate of drug-likeness (QED) is 0.603. The van der Waals surface area contributed by atoms with Gasteiger partial charge in [-0.25, -0.2) is 8.42 Å². The Hall–Kier alpha value is -2.01. The average molecular weight is 399 g/mol. The van der Waals surface area contributed by atoms with Gasteiger partial charge in [0.2, 0.25) is 15.9 Å². The fourth-order valence-electron chi connectivity index (χ4n) is 2.79. The maximum Gasteiger partial charge on any atom is 0.318 e. The number of carbonyl (C=O) groups excluding carboxylic acids is 1. The topological polar surface area (TPSA) is 116 Å². The summed E-state index contributed by atoms with van der Waals surface area (Å²) in [5.41, 5.74) is 0.736. The van der Waals surface area contributed by atoms with E-state index in [1.807, 2.05) is 35.2 Å². The molecule has 1 amide bonds. The second-order valence-electron chi connectivity index (χ2n) is 6.41. The molecule has 27 heavy (non-hydrogen) atoms. The third-order valence-electron chi connectivity index (χ3n) is 4.12. The van der Waals surface area contributed by atoms with Gasteiger partial charge in [-0.15, -0.1) is 0 Å². The Morgan fingerprint density at radius 1 is 1.33 bits per heavy atom. The van der Waals surface area contributed by atoms with Crippen LogP contribution in [-0.2, 0) is 24.3 Å². The Kier molecular flexibility index (Phi) is 7.72. The zero-order valence-electron chi connectivity index (χ0n) is 15.2. The summed E-state index contributed by atoms with van der Waals surface area (Å²) in [4.78, 5) is 24.9.